The van der Waals surface area contributed by atoms with Gasteiger partial charge in [0.1, 0.15) is 0 Å². The molecule has 0 aliphatic heterocycles. The molecule has 0 fully saturated rings. The summed E-state index contributed by atoms with van der Waals surface area (Å²) in [6, 6.07) is 79.4. The van der Waals surface area contributed by atoms with Gasteiger partial charge in [0.15, 0.2) is 0 Å². The zero-order valence-corrected chi connectivity index (χ0v) is 30.7. The Bertz CT molecular complexity index is 3220. The largest absolute Gasteiger partial charge is 0.309 e. The highest BCUT2D eigenvalue weighted by atomic mass is 15.0. The second-order valence-electron chi connectivity index (χ2n) is 14.6. The highest BCUT2D eigenvalue weighted by Gasteiger charge is 2.17. The summed E-state index contributed by atoms with van der Waals surface area (Å²) >= 11 is 0. The van der Waals surface area contributed by atoms with Crippen LogP contribution in [0.1, 0.15) is 0 Å². The van der Waals surface area contributed by atoms with Gasteiger partial charge < -0.3 is 9.13 Å². The molecule has 0 aliphatic carbocycles. The van der Waals surface area contributed by atoms with Crippen LogP contribution < -0.4 is 0 Å². The average Bonchev–Trinajstić information content (AvgIpc) is 3.79. The van der Waals surface area contributed by atoms with Crippen molar-refractivity contribution in [3.05, 3.63) is 218 Å². The lowest BCUT2D eigenvalue weighted by atomic mass is 10.00. The molecule has 2 heteroatoms. The fourth-order valence-corrected chi connectivity index (χ4v) is 8.62. The second-order valence-corrected chi connectivity index (χ2v) is 14.6. The van der Waals surface area contributed by atoms with Gasteiger partial charge in [0.25, 0.3) is 0 Å². The molecule has 11 rings (SSSR count). The van der Waals surface area contributed by atoms with E-state index in [9.17, 15) is 0 Å². The van der Waals surface area contributed by atoms with Crippen molar-refractivity contribution < 1.29 is 0 Å². The Morgan fingerprint density at radius 1 is 0.196 bits per heavy atom. The first-order valence-corrected chi connectivity index (χ1v) is 19.3. The first-order valence-electron chi connectivity index (χ1n) is 19.3. The highest BCUT2D eigenvalue weighted by molar-refractivity contribution is 6.12. The van der Waals surface area contributed by atoms with E-state index in [2.05, 4.69) is 228 Å². The van der Waals surface area contributed by atoms with Crippen LogP contribution in [0.4, 0.5) is 0 Å². The standard InChI is InChI=1S/C54H36N2/c1-3-13-37(14-4-1)39-25-27-40(28-26-39)42-18-12-20-46(34-42)56-52-24-10-8-22-48(52)50-32-30-44(36-54(50)56)43-29-31-49-47-21-7-9-23-51(47)55(53(49)35-43)45-19-11-17-41(33-45)38-15-5-2-6-16-38/h1-36H. The highest BCUT2D eigenvalue weighted by Crippen LogP contribution is 2.39. The zero-order valence-electron chi connectivity index (χ0n) is 30.7. The number of fused-ring (bicyclic) bond motifs is 6. The lowest BCUT2D eigenvalue weighted by Crippen LogP contribution is -1.95. The maximum atomic E-state index is 2.43. The fraction of sp³-hybridized carbons (Fsp3) is 0. The van der Waals surface area contributed by atoms with Crippen molar-refractivity contribution in [2.45, 2.75) is 0 Å². The SMILES string of the molecule is c1ccc(-c2ccc(-c3cccc(-n4c5ccccc5c5ccc(-c6ccc7c8ccccc8n(-c8cccc(-c9ccccc9)c8)c7c6)cc54)c3)cc2)cc1. The van der Waals surface area contributed by atoms with Gasteiger partial charge in [-0.25, -0.2) is 0 Å². The summed E-state index contributed by atoms with van der Waals surface area (Å²) in [7, 11) is 0. The van der Waals surface area contributed by atoms with Crippen LogP contribution in [0.3, 0.4) is 0 Å². The molecule has 56 heavy (non-hydrogen) atoms. The van der Waals surface area contributed by atoms with Crippen LogP contribution in [-0.4, -0.2) is 9.13 Å². The minimum atomic E-state index is 1.15. The monoisotopic (exact) mass is 712 g/mol. The minimum Gasteiger partial charge on any atom is -0.309 e. The Kier molecular flexibility index (Phi) is 7.53. The molecule has 262 valence electrons. The summed E-state index contributed by atoms with van der Waals surface area (Å²) < 4.78 is 4.86. The smallest absolute Gasteiger partial charge is 0.0547 e. The van der Waals surface area contributed by atoms with Crippen LogP contribution >= 0.6 is 0 Å². The Labute approximate surface area is 325 Å². The Morgan fingerprint density at radius 2 is 0.518 bits per heavy atom. The second kappa shape index (κ2) is 13.2. The van der Waals surface area contributed by atoms with Gasteiger partial charge in [-0.05, 0) is 93.0 Å². The molecule has 0 spiro atoms. The Balaban J connectivity index is 1.05. The van der Waals surface area contributed by atoms with Crippen molar-refractivity contribution >= 4 is 43.6 Å². The summed E-state index contributed by atoms with van der Waals surface area (Å²) in [6.07, 6.45) is 0. The summed E-state index contributed by atoms with van der Waals surface area (Å²) in [5, 5.41) is 5.00. The van der Waals surface area contributed by atoms with Gasteiger partial charge >= 0.3 is 0 Å². The van der Waals surface area contributed by atoms with Gasteiger partial charge in [0.05, 0.1) is 22.1 Å². The topological polar surface area (TPSA) is 9.86 Å². The average molecular weight is 713 g/mol. The number of rotatable bonds is 6. The molecule has 11 aromatic rings. The maximum absolute atomic E-state index is 2.43. The number of para-hydroxylation sites is 2. The Hall–Kier alpha value is -7.42. The molecule has 0 saturated carbocycles. The van der Waals surface area contributed by atoms with Crippen LogP contribution in [0, 0.1) is 0 Å². The van der Waals surface area contributed by atoms with Crippen molar-refractivity contribution in [1.82, 2.24) is 9.13 Å². The van der Waals surface area contributed by atoms with Crippen LogP contribution in [0.15, 0.2) is 218 Å². The van der Waals surface area contributed by atoms with E-state index in [1.807, 2.05) is 0 Å². The van der Waals surface area contributed by atoms with Gasteiger partial charge in [0.2, 0.25) is 0 Å². The lowest BCUT2D eigenvalue weighted by Gasteiger charge is -2.12. The third-order valence-corrected chi connectivity index (χ3v) is 11.3. The molecule has 0 aliphatic rings. The first-order chi connectivity index (χ1) is 27.8. The van der Waals surface area contributed by atoms with Gasteiger partial charge in [-0.2, -0.15) is 0 Å². The quantitative estimate of drug-likeness (QED) is 0.162. The van der Waals surface area contributed by atoms with E-state index in [4.69, 9.17) is 0 Å². The first kappa shape index (κ1) is 32.0. The fourth-order valence-electron chi connectivity index (χ4n) is 8.62. The number of hydrogen-bond acceptors (Lipinski definition) is 0. The third-order valence-electron chi connectivity index (χ3n) is 11.3. The summed E-state index contributed by atoms with van der Waals surface area (Å²) in [5.41, 5.74) is 16.7. The molecule has 0 radical (unpaired) electrons. The summed E-state index contributed by atoms with van der Waals surface area (Å²) in [4.78, 5) is 0. The molecule has 0 atom stereocenters. The number of aromatic nitrogens is 2. The molecule has 9 aromatic carbocycles. The van der Waals surface area contributed by atoms with Crippen molar-refractivity contribution in [3.8, 4) is 55.9 Å². The Morgan fingerprint density at radius 3 is 1.00 bits per heavy atom. The predicted octanol–water partition coefficient (Wildman–Crippen LogP) is 14.5. The van der Waals surface area contributed by atoms with E-state index < -0.39 is 0 Å². The van der Waals surface area contributed by atoms with Gasteiger partial charge in [0, 0.05) is 32.9 Å². The van der Waals surface area contributed by atoms with Gasteiger partial charge in [-0.15, -0.1) is 0 Å². The molecule has 0 unspecified atom stereocenters. The van der Waals surface area contributed by atoms with Crippen molar-refractivity contribution in [1.29, 1.82) is 0 Å². The number of nitrogens with zero attached hydrogens (tertiary/aromatic N) is 2. The van der Waals surface area contributed by atoms with Crippen LogP contribution in [-0.2, 0) is 0 Å². The van der Waals surface area contributed by atoms with E-state index in [0.29, 0.717) is 0 Å². The minimum absolute atomic E-state index is 1.15. The van der Waals surface area contributed by atoms with Gasteiger partial charge in [-0.1, -0.05) is 170 Å². The third kappa shape index (κ3) is 5.34. The number of benzene rings is 9. The molecular formula is C54H36N2. The molecule has 0 amide bonds. The molecule has 2 nitrogen and oxygen atoms in total. The molecule has 2 heterocycles. The molecular weight excluding hydrogens is 677 g/mol. The lowest BCUT2D eigenvalue weighted by molar-refractivity contribution is 1.18. The summed E-state index contributed by atoms with van der Waals surface area (Å²) in [6.45, 7) is 0. The molecule has 0 bridgehead atoms. The summed E-state index contributed by atoms with van der Waals surface area (Å²) in [5.74, 6) is 0. The number of hydrogen-bond donors (Lipinski definition) is 0. The van der Waals surface area contributed by atoms with E-state index in [0.717, 1.165) is 11.4 Å². The predicted molar refractivity (Wildman–Crippen MR) is 237 cm³/mol. The van der Waals surface area contributed by atoms with Crippen molar-refractivity contribution in [3.63, 3.8) is 0 Å². The van der Waals surface area contributed by atoms with Crippen molar-refractivity contribution in [2.24, 2.45) is 0 Å². The van der Waals surface area contributed by atoms with E-state index in [1.54, 1.807) is 0 Å². The van der Waals surface area contributed by atoms with E-state index >= 15 is 0 Å². The molecule has 2 aromatic heterocycles. The normalized spacial score (nSPS) is 11.6. The van der Waals surface area contributed by atoms with Crippen LogP contribution in [0.5, 0.6) is 0 Å². The maximum Gasteiger partial charge on any atom is 0.0547 e. The molecule has 0 saturated heterocycles. The van der Waals surface area contributed by atoms with Crippen LogP contribution in [0.25, 0.3) is 99.5 Å². The van der Waals surface area contributed by atoms with E-state index in [-0.39, 0.29) is 0 Å². The van der Waals surface area contributed by atoms with Gasteiger partial charge in [-0.3, -0.25) is 0 Å². The zero-order chi connectivity index (χ0) is 37.0. The molecule has 0 N–H and O–H groups in total. The van der Waals surface area contributed by atoms with Crippen molar-refractivity contribution in [2.75, 3.05) is 0 Å². The van der Waals surface area contributed by atoms with Crippen LogP contribution in [0.2, 0.25) is 0 Å². The van der Waals surface area contributed by atoms with E-state index in [1.165, 1.54) is 88.1 Å².